The molecule has 0 bridgehead atoms. The van der Waals surface area contributed by atoms with Crippen LogP contribution in [0.1, 0.15) is 116 Å². The predicted molar refractivity (Wildman–Crippen MR) is 104 cm³/mol. The summed E-state index contributed by atoms with van der Waals surface area (Å²) in [6, 6.07) is 0. The second-order valence-corrected chi connectivity index (χ2v) is 7.09. The Morgan fingerprint density at radius 3 is 1.33 bits per heavy atom. The molecule has 0 aromatic carbocycles. The number of allylic oxidation sites excluding steroid dienone is 2. The van der Waals surface area contributed by atoms with Crippen molar-refractivity contribution in [3.63, 3.8) is 0 Å². The molecule has 0 aromatic rings. The maximum atomic E-state index is 8.58. The number of hydrogen-bond acceptors (Lipinski definition) is 3. The van der Waals surface area contributed by atoms with Crippen molar-refractivity contribution in [3.8, 4) is 0 Å². The lowest BCUT2D eigenvalue weighted by Gasteiger charge is -2.05. The molecule has 3 heteroatoms. The van der Waals surface area contributed by atoms with Gasteiger partial charge in [-0.15, -0.1) is 0 Å². The smallest absolute Gasteiger partial charge is 0.0512 e. The number of unbranched alkanes of at least 4 members (excludes halogenated alkanes) is 15. The molecule has 0 aliphatic heterocycles. The van der Waals surface area contributed by atoms with E-state index >= 15 is 0 Å². The van der Waals surface area contributed by atoms with Gasteiger partial charge in [-0.3, -0.25) is 10.4 Å². The van der Waals surface area contributed by atoms with Crippen LogP contribution in [0.5, 0.6) is 0 Å². The summed E-state index contributed by atoms with van der Waals surface area (Å²) in [5.41, 5.74) is 0. The van der Waals surface area contributed by atoms with E-state index in [0.717, 1.165) is 12.8 Å². The second kappa shape index (κ2) is 20.7. The topological polar surface area (TPSA) is 43.7 Å². The van der Waals surface area contributed by atoms with E-state index in [1.54, 1.807) is 0 Å². The first-order valence-corrected chi connectivity index (χ1v) is 10.6. The van der Waals surface area contributed by atoms with Crippen LogP contribution in [0, 0.1) is 0 Å². The second-order valence-electron chi connectivity index (χ2n) is 7.09. The molecular formula is C21H43NO2. The Labute approximate surface area is 151 Å². The van der Waals surface area contributed by atoms with Crippen LogP contribution in [0.25, 0.3) is 0 Å². The van der Waals surface area contributed by atoms with Crippen LogP contribution in [-0.4, -0.2) is 22.2 Å². The van der Waals surface area contributed by atoms with Gasteiger partial charge in [0.1, 0.15) is 0 Å². The molecule has 0 unspecified atom stereocenters. The molecule has 0 aliphatic carbocycles. The number of hydrogen-bond donors (Lipinski definition) is 2. The monoisotopic (exact) mass is 341 g/mol. The Hall–Kier alpha value is -0.380. The fourth-order valence-electron chi connectivity index (χ4n) is 3.03. The zero-order valence-corrected chi connectivity index (χ0v) is 16.2. The molecule has 0 radical (unpaired) electrons. The summed E-state index contributed by atoms with van der Waals surface area (Å²) in [5, 5.41) is 17.4. The largest absolute Gasteiger partial charge is 0.290 e. The van der Waals surface area contributed by atoms with Gasteiger partial charge in [0.15, 0.2) is 0 Å². The van der Waals surface area contributed by atoms with E-state index in [9.17, 15) is 0 Å². The van der Waals surface area contributed by atoms with Crippen LogP contribution in [0.15, 0.2) is 12.2 Å². The van der Waals surface area contributed by atoms with Crippen molar-refractivity contribution in [2.24, 2.45) is 0 Å². The van der Waals surface area contributed by atoms with Gasteiger partial charge in [0.05, 0.1) is 6.54 Å². The Balaban J connectivity index is 3.06. The maximum Gasteiger partial charge on any atom is 0.0512 e. The zero-order valence-electron chi connectivity index (χ0n) is 16.2. The molecule has 0 fully saturated rings. The molecule has 0 heterocycles. The van der Waals surface area contributed by atoms with Gasteiger partial charge in [-0.25, -0.2) is 0 Å². The Morgan fingerprint density at radius 2 is 0.917 bits per heavy atom. The first-order valence-electron chi connectivity index (χ1n) is 10.6. The number of hydroxylamine groups is 2. The van der Waals surface area contributed by atoms with Gasteiger partial charge in [0.2, 0.25) is 0 Å². The highest BCUT2D eigenvalue weighted by molar-refractivity contribution is 4.81. The predicted octanol–water partition coefficient (Wildman–Crippen LogP) is 7.27. The minimum atomic E-state index is 0.290. The van der Waals surface area contributed by atoms with E-state index in [2.05, 4.69) is 19.1 Å². The summed E-state index contributed by atoms with van der Waals surface area (Å²) in [5.74, 6) is 0. The molecule has 0 saturated heterocycles. The maximum absolute atomic E-state index is 8.58. The van der Waals surface area contributed by atoms with Gasteiger partial charge in [-0.2, -0.15) is 0 Å². The fourth-order valence-corrected chi connectivity index (χ4v) is 3.03. The van der Waals surface area contributed by atoms with Crippen molar-refractivity contribution in [3.05, 3.63) is 12.2 Å². The average molecular weight is 342 g/mol. The van der Waals surface area contributed by atoms with E-state index in [0.29, 0.717) is 11.8 Å². The van der Waals surface area contributed by atoms with Crippen molar-refractivity contribution in [1.82, 2.24) is 5.23 Å². The molecule has 0 rings (SSSR count). The van der Waals surface area contributed by atoms with Crippen LogP contribution in [0.3, 0.4) is 0 Å². The third-order valence-corrected chi connectivity index (χ3v) is 4.62. The molecule has 144 valence electrons. The number of nitrogens with zero attached hydrogens (tertiary/aromatic N) is 1. The van der Waals surface area contributed by atoms with E-state index in [4.69, 9.17) is 10.4 Å². The van der Waals surface area contributed by atoms with Crippen molar-refractivity contribution in [1.29, 1.82) is 0 Å². The number of rotatable bonds is 19. The van der Waals surface area contributed by atoms with Crippen molar-refractivity contribution < 1.29 is 10.4 Å². The highest BCUT2D eigenvalue weighted by Gasteiger charge is 1.94. The van der Waals surface area contributed by atoms with Crippen molar-refractivity contribution in [2.75, 3.05) is 6.54 Å². The van der Waals surface area contributed by atoms with Crippen LogP contribution in [0.4, 0.5) is 0 Å². The Kier molecular flexibility index (Phi) is 20.3. The summed E-state index contributed by atoms with van der Waals surface area (Å²) in [4.78, 5) is 0. The average Bonchev–Trinajstić information content (AvgIpc) is 2.56. The molecule has 24 heavy (non-hydrogen) atoms. The van der Waals surface area contributed by atoms with Gasteiger partial charge in [0.25, 0.3) is 0 Å². The van der Waals surface area contributed by atoms with Crippen LogP contribution in [-0.2, 0) is 0 Å². The van der Waals surface area contributed by atoms with Gasteiger partial charge in [-0.05, 0) is 32.1 Å². The van der Waals surface area contributed by atoms with Gasteiger partial charge >= 0.3 is 0 Å². The van der Waals surface area contributed by atoms with Crippen LogP contribution in [0.2, 0.25) is 0 Å². The minimum Gasteiger partial charge on any atom is -0.290 e. The summed E-state index contributed by atoms with van der Waals surface area (Å²) < 4.78 is 0. The fraction of sp³-hybridized carbons (Fsp3) is 0.905. The standard InChI is InChI=1S/C21H43NO2/c1-2-3-4-5-6-7-8-9-10-11-12-13-14-15-16-17-18-19-20-21-22(23)24/h12-13,23-24H,2-11,14-21H2,1H3/b13-12-. The molecule has 2 N–H and O–H groups in total. The van der Waals surface area contributed by atoms with Gasteiger partial charge < -0.3 is 0 Å². The molecule has 0 spiro atoms. The lowest BCUT2D eigenvalue weighted by atomic mass is 10.1. The lowest BCUT2D eigenvalue weighted by Crippen LogP contribution is -2.14. The molecule has 0 aliphatic rings. The van der Waals surface area contributed by atoms with E-state index in [1.165, 1.54) is 96.3 Å². The van der Waals surface area contributed by atoms with Crippen molar-refractivity contribution in [2.45, 2.75) is 116 Å². The minimum absolute atomic E-state index is 0.290. The van der Waals surface area contributed by atoms with E-state index < -0.39 is 0 Å². The lowest BCUT2D eigenvalue weighted by molar-refractivity contribution is -0.306. The summed E-state index contributed by atoms with van der Waals surface area (Å²) in [6.45, 7) is 2.64. The van der Waals surface area contributed by atoms with E-state index in [-0.39, 0.29) is 0 Å². The summed E-state index contributed by atoms with van der Waals surface area (Å²) >= 11 is 0. The summed E-state index contributed by atoms with van der Waals surface area (Å²) in [6.07, 6.45) is 26.9. The normalized spacial score (nSPS) is 11.8. The highest BCUT2D eigenvalue weighted by Crippen LogP contribution is 2.11. The highest BCUT2D eigenvalue weighted by atomic mass is 16.8. The molecular weight excluding hydrogens is 298 g/mol. The molecule has 0 amide bonds. The van der Waals surface area contributed by atoms with Gasteiger partial charge in [-0.1, -0.05) is 101 Å². The first kappa shape index (κ1) is 23.6. The quantitative estimate of drug-likeness (QED) is 0.147. The zero-order chi connectivity index (χ0) is 17.7. The Bertz CT molecular complexity index is 254. The SMILES string of the molecule is CCCCCCCCCCC/C=C\CCCCCCCCN(O)O. The molecule has 0 atom stereocenters. The molecule has 0 aromatic heterocycles. The van der Waals surface area contributed by atoms with Crippen molar-refractivity contribution >= 4 is 0 Å². The summed E-state index contributed by atoms with van der Waals surface area (Å²) in [7, 11) is 0. The van der Waals surface area contributed by atoms with Crippen LogP contribution < -0.4 is 0 Å². The molecule has 3 nitrogen and oxygen atoms in total. The third-order valence-electron chi connectivity index (χ3n) is 4.62. The first-order chi connectivity index (χ1) is 11.8. The Morgan fingerprint density at radius 1 is 0.542 bits per heavy atom. The van der Waals surface area contributed by atoms with E-state index in [1.807, 2.05) is 0 Å². The van der Waals surface area contributed by atoms with Crippen LogP contribution >= 0.6 is 0 Å². The van der Waals surface area contributed by atoms with Gasteiger partial charge in [0, 0.05) is 0 Å². The third kappa shape index (κ3) is 21.6. The molecule has 0 saturated carbocycles.